The number of rotatable bonds is 13. The number of hydrogen-bond acceptors (Lipinski definition) is 5. The van der Waals surface area contributed by atoms with Gasteiger partial charge in [-0.2, -0.15) is 0 Å². The molecular formula is C91H77N2O2SSi. The van der Waals surface area contributed by atoms with Crippen molar-refractivity contribution in [3.63, 3.8) is 0 Å². The SMILES string of the molecule is CC(C)(C)c1ccc(Sc2ccc(C3(c4ccc([Si](c5ccccc5)c5ccccc5)cc4)c4cc(N(c5ccccc5)c5ccc(C(C)(C)C)cc5)c5c(oc6ccccc65)c4-c4c3cc(N(c3ccccc3)c3ccc(C(C)(C)C)cc3)c3oc5ccccc5c43)cc2)cc1. The molecule has 473 valence electrons. The highest BCUT2D eigenvalue weighted by atomic mass is 32.2. The molecule has 0 spiro atoms. The van der Waals surface area contributed by atoms with Crippen molar-refractivity contribution in [2.45, 2.75) is 93.8 Å². The molecule has 6 heteroatoms. The average Bonchev–Trinajstić information content (AvgIpc) is 1.50. The molecule has 0 saturated carbocycles. The van der Waals surface area contributed by atoms with Crippen LogP contribution in [-0.2, 0) is 21.7 Å². The monoisotopic (exact) mass is 1290 g/mol. The Morgan fingerprint density at radius 1 is 0.320 bits per heavy atom. The van der Waals surface area contributed by atoms with Gasteiger partial charge in [-0.3, -0.25) is 0 Å². The fourth-order valence-electron chi connectivity index (χ4n) is 14.9. The van der Waals surface area contributed by atoms with E-state index in [1.54, 1.807) is 11.8 Å². The molecule has 1 aliphatic rings. The van der Waals surface area contributed by atoms with Crippen molar-refractivity contribution in [2.24, 2.45) is 0 Å². The quantitative estimate of drug-likeness (QED) is 0.0849. The van der Waals surface area contributed by atoms with E-state index in [2.05, 4.69) is 375 Å². The maximum Gasteiger partial charge on any atom is 0.160 e. The van der Waals surface area contributed by atoms with E-state index < -0.39 is 14.2 Å². The standard InChI is InChI=1S/C91H77N2O2SSi/c1-88(2,3)60-38-48-67(49-39-60)92(65-26-14-10-15-27-65)78-58-77-85(87-82(78)74-34-22-24-36-80(74)95-87)84-76(59-79(86-83(84)75-35-23-25-37-81(75)94-86)93(66-28-16-11-17-29-66)68-50-40-61(41-51-68)89(4,5)6)91(77,63-44-54-70(55-45-63)96-69-52-42-62(43-53-69)90(7,8)9)64-46-56-73(57-47-64)97(71-30-18-12-19-31-71)72-32-20-13-21-33-72/h10-59H,1-9H3. The zero-order valence-corrected chi connectivity index (χ0v) is 58.3. The second-order valence-corrected chi connectivity index (χ2v) is 32.6. The van der Waals surface area contributed by atoms with Crippen molar-refractivity contribution in [1.29, 1.82) is 0 Å². The van der Waals surface area contributed by atoms with Crippen LogP contribution in [0, 0.1) is 0 Å². The van der Waals surface area contributed by atoms with Crippen molar-refractivity contribution < 1.29 is 8.83 Å². The Bertz CT molecular complexity index is 5340. The predicted molar refractivity (Wildman–Crippen MR) is 412 cm³/mol. The van der Waals surface area contributed by atoms with E-state index >= 15 is 0 Å². The molecule has 2 heterocycles. The number of furan rings is 2. The maximum atomic E-state index is 7.73. The van der Waals surface area contributed by atoms with Gasteiger partial charge >= 0.3 is 0 Å². The van der Waals surface area contributed by atoms with E-state index in [9.17, 15) is 0 Å². The van der Waals surface area contributed by atoms with Gasteiger partial charge in [-0.05, 0) is 152 Å². The molecule has 15 aromatic rings. The Hall–Kier alpha value is -10.4. The molecule has 0 N–H and O–H groups in total. The van der Waals surface area contributed by atoms with Crippen molar-refractivity contribution in [3.05, 3.63) is 342 Å². The largest absolute Gasteiger partial charge is 0.455 e. The topological polar surface area (TPSA) is 32.8 Å². The molecule has 0 aliphatic heterocycles. The molecule has 1 atom stereocenters. The maximum absolute atomic E-state index is 7.73. The van der Waals surface area contributed by atoms with Gasteiger partial charge in [0.15, 0.2) is 14.4 Å². The van der Waals surface area contributed by atoms with Crippen LogP contribution in [0.2, 0.25) is 0 Å². The Balaban J connectivity index is 1.07. The van der Waals surface area contributed by atoms with Gasteiger partial charge < -0.3 is 18.6 Å². The number of anilines is 6. The summed E-state index contributed by atoms with van der Waals surface area (Å²) in [5, 5.41) is 8.11. The second-order valence-electron chi connectivity index (χ2n) is 29.0. The molecule has 16 rings (SSSR count). The smallest absolute Gasteiger partial charge is 0.160 e. The van der Waals surface area contributed by atoms with Crippen LogP contribution in [0.5, 0.6) is 0 Å². The average molecular weight is 1290 g/mol. The highest BCUT2D eigenvalue weighted by Crippen LogP contribution is 2.65. The summed E-state index contributed by atoms with van der Waals surface area (Å²) >= 11 is 1.80. The lowest BCUT2D eigenvalue weighted by Gasteiger charge is -2.36. The molecule has 0 saturated heterocycles. The zero-order valence-electron chi connectivity index (χ0n) is 56.5. The third kappa shape index (κ3) is 10.8. The number of fused-ring (bicyclic) bond motifs is 11. The molecule has 1 aliphatic carbocycles. The summed E-state index contributed by atoms with van der Waals surface area (Å²) in [7, 11) is -1.48. The normalized spacial score (nSPS) is 14.0. The first kappa shape index (κ1) is 61.5. The van der Waals surface area contributed by atoms with E-state index in [0.29, 0.717) is 0 Å². The van der Waals surface area contributed by atoms with E-state index in [-0.39, 0.29) is 16.2 Å². The second kappa shape index (κ2) is 24.1. The van der Waals surface area contributed by atoms with Crippen molar-refractivity contribution in [3.8, 4) is 11.1 Å². The third-order valence-corrected chi connectivity index (χ3v) is 23.5. The van der Waals surface area contributed by atoms with E-state index in [0.717, 1.165) is 116 Å². The fourth-order valence-corrected chi connectivity index (χ4v) is 18.3. The van der Waals surface area contributed by atoms with Crippen LogP contribution in [-0.4, -0.2) is 8.80 Å². The van der Waals surface area contributed by atoms with Gasteiger partial charge in [-0.25, -0.2) is 0 Å². The first-order chi connectivity index (χ1) is 47.0. The summed E-state index contributed by atoms with van der Waals surface area (Å²) in [4.78, 5) is 7.25. The minimum absolute atomic E-state index is 0.0445. The van der Waals surface area contributed by atoms with Gasteiger partial charge in [-0.15, -0.1) is 0 Å². The Labute approximate surface area is 576 Å². The molecular weight excluding hydrogens is 1210 g/mol. The molecule has 0 bridgehead atoms. The molecule has 0 amide bonds. The lowest BCUT2D eigenvalue weighted by molar-refractivity contribution is 0.589. The lowest BCUT2D eigenvalue weighted by atomic mass is 9.67. The number of hydrogen-bond donors (Lipinski definition) is 0. The minimum Gasteiger partial charge on any atom is -0.455 e. The molecule has 1 unspecified atom stereocenters. The molecule has 13 aromatic carbocycles. The Morgan fingerprint density at radius 2 is 0.670 bits per heavy atom. The summed E-state index contributed by atoms with van der Waals surface area (Å²) in [5.74, 6) is 0. The summed E-state index contributed by atoms with van der Waals surface area (Å²) < 4.78 is 15.3. The van der Waals surface area contributed by atoms with E-state index in [1.165, 1.54) is 37.1 Å². The zero-order chi connectivity index (χ0) is 66.4. The fraction of sp³-hybridized carbons (Fsp3) is 0.143. The number of benzene rings is 13. The highest BCUT2D eigenvalue weighted by Gasteiger charge is 2.51. The molecule has 4 nitrogen and oxygen atoms in total. The van der Waals surface area contributed by atoms with Crippen LogP contribution in [0.1, 0.15) is 101 Å². The van der Waals surface area contributed by atoms with Crippen LogP contribution in [0.25, 0.3) is 55.0 Å². The van der Waals surface area contributed by atoms with Crippen LogP contribution in [0.4, 0.5) is 34.1 Å². The molecule has 97 heavy (non-hydrogen) atoms. The minimum atomic E-state index is -1.48. The lowest BCUT2D eigenvalue weighted by Crippen LogP contribution is -2.51. The summed E-state index contributed by atoms with van der Waals surface area (Å²) in [6.07, 6.45) is 0. The van der Waals surface area contributed by atoms with Gasteiger partial charge in [-0.1, -0.05) is 296 Å². The van der Waals surface area contributed by atoms with Gasteiger partial charge in [0.1, 0.15) is 16.7 Å². The molecule has 0 fully saturated rings. The first-order valence-corrected chi connectivity index (χ1v) is 36.2. The summed E-state index contributed by atoms with van der Waals surface area (Å²) in [6.45, 7) is 20.6. The number of nitrogens with zero attached hydrogens (tertiary/aromatic N) is 2. The van der Waals surface area contributed by atoms with Crippen molar-refractivity contribution in [2.75, 3.05) is 9.80 Å². The number of para-hydroxylation sites is 4. The van der Waals surface area contributed by atoms with Crippen LogP contribution < -0.4 is 25.4 Å². The summed E-state index contributed by atoms with van der Waals surface area (Å²) in [6, 6.07) is 113. The van der Waals surface area contributed by atoms with Crippen molar-refractivity contribution >= 4 is 114 Å². The van der Waals surface area contributed by atoms with Gasteiger partial charge in [0.05, 0.1) is 22.2 Å². The van der Waals surface area contributed by atoms with Crippen LogP contribution in [0.3, 0.4) is 0 Å². The first-order valence-electron chi connectivity index (χ1n) is 33.9. The molecule has 1 radical (unpaired) electrons. The molecule has 2 aromatic heterocycles. The van der Waals surface area contributed by atoms with E-state index in [4.69, 9.17) is 8.83 Å². The highest BCUT2D eigenvalue weighted by molar-refractivity contribution is 7.99. The third-order valence-electron chi connectivity index (χ3n) is 19.8. The van der Waals surface area contributed by atoms with Crippen molar-refractivity contribution in [1.82, 2.24) is 0 Å². The Morgan fingerprint density at radius 3 is 1.14 bits per heavy atom. The van der Waals surface area contributed by atoms with Gasteiger partial charge in [0, 0.05) is 59.8 Å². The van der Waals surface area contributed by atoms with Gasteiger partial charge in [0.2, 0.25) is 0 Å². The summed E-state index contributed by atoms with van der Waals surface area (Å²) in [5.41, 5.74) is 18.7. The van der Waals surface area contributed by atoms with Crippen LogP contribution >= 0.6 is 11.8 Å². The Kier molecular flexibility index (Phi) is 15.3. The van der Waals surface area contributed by atoms with Crippen LogP contribution in [0.15, 0.2) is 322 Å². The van der Waals surface area contributed by atoms with E-state index in [1.807, 2.05) is 0 Å². The predicted octanol–water partition coefficient (Wildman–Crippen LogP) is 23.3. The van der Waals surface area contributed by atoms with Gasteiger partial charge in [0.25, 0.3) is 0 Å².